The van der Waals surface area contributed by atoms with Crippen LogP contribution in [0.1, 0.15) is 94.2 Å². The van der Waals surface area contributed by atoms with Crippen molar-refractivity contribution in [1.82, 2.24) is 30.0 Å². The van der Waals surface area contributed by atoms with E-state index in [4.69, 9.17) is 4.74 Å². The number of ether oxygens (including phenoxy) is 1. The Morgan fingerprint density at radius 1 is 0.877 bits per heavy atom. The number of aromatic nitrogens is 2. The molecule has 7 heterocycles. The number of imide groups is 2. The summed E-state index contributed by atoms with van der Waals surface area (Å²) in [5.41, 5.74) is 4.50. The SMILES string of the molecule is CN1CCC[C@@H]1c1cc2cnc(NC(=O)c3ccc(OCCN4CCC5(CC4)CCN(c4ccc6c(c4)C(=O)N(C4CCC(=O)NC4=O)C6=O)CC5)cc3)cc2[nH]1. The van der Waals surface area contributed by atoms with Crippen LogP contribution in [-0.2, 0) is 9.59 Å². The minimum Gasteiger partial charge on any atom is -0.492 e. The van der Waals surface area contributed by atoms with Crippen molar-refractivity contribution in [3.05, 3.63) is 83.2 Å². The monoisotopic (exact) mass is 772 g/mol. The van der Waals surface area contributed by atoms with E-state index in [1.807, 2.05) is 24.3 Å². The molecule has 296 valence electrons. The van der Waals surface area contributed by atoms with Gasteiger partial charge in [0.05, 0.1) is 16.6 Å². The Morgan fingerprint density at radius 3 is 2.37 bits per heavy atom. The molecule has 4 aromatic rings. The smallest absolute Gasteiger partial charge is 0.262 e. The van der Waals surface area contributed by atoms with Gasteiger partial charge in [-0.3, -0.25) is 44.0 Å². The molecule has 2 atom stereocenters. The third-order valence-electron chi connectivity index (χ3n) is 13.0. The molecule has 14 nitrogen and oxygen atoms in total. The molecule has 5 aliphatic rings. The highest BCUT2D eigenvalue weighted by Crippen LogP contribution is 2.43. The van der Waals surface area contributed by atoms with Crippen LogP contribution in [0.3, 0.4) is 0 Å². The van der Waals surface area contributed by atoms with Gasteiger partial charge in [-0.1, -0.05) is 0 Å². The molecule has 0 aliphatic carbocycles. The van der Waals surface area contributed by atoms with Crippen molar-refractivity contribution >= 4 is 51.9 Å². The highest BCUT2D eigenvalue weighted by atomic mass is 16.5. The van der Waals surface area contributed by atoms with Gasteiger partial charge in [-0.15, -0.1) is 0 Å². The maximum atomic E-state index is 13.3. The van der Waals surface area contributed by atoms with Crippen LogP contribution in [-0.4, -0.2) is 113 Å². The van der Waals surface area contributed by atoms with E-state index in [-0.39, 0.29) is 30.1 Å². The highest BCUT2D eigenvalue weighted by Gasteiger charge is 2.45. The van der Waals surface area contributed by atoms with Crippen LogP contribution in [0.5, 0.6) is 5.75 Å². The number of fused-ring (bicyclic) bond motifs is 2. The second-order valence-electron chi connectivity index (χ2n) is 16.4. The number of hydrogen-bond acceptors (Lipinski definition) is 10. The number of rotatable bonds is 9. The van der Waals surface area contributed by atoms with Gasteiger partial charge in [0.25, 0.3) is 17.7 Å². The standard InChI is InChI=1S/C43H48N8O6/c1-48-16-2-3-35(48)34-23-28-26-44-37(25-33(28)45-34)46-39(53)27-4-7-30(8-5-27)57-22-21-49-17-12-43(13-18-49)14-19-50(20-15-43)29-6-9-31-32(24-29)42(56)51(41(31)55)36-10-11-38(52)47-40(36)54/h4-9,23-26,35-36,45H,2-3,10-22H2,1H3,(H,44,46,53)(H,47,52,54)/t35-,36?/m1/s1. The van der Waals surface area contributed by atoms with Crippen LogP contribution in [0.2, 0.25) is 0 Å². The summed E-state index contributed by atoms with van der Waals surface area (Å²) in [5.74, 6) is -0.935. The number of amides is 5. The minimum absolute atomic E-state index is 0.0967. The molecule has 9 rings (SSSR count). The Labute approximate surface area is 330 Å². The van der Waals surface area contributed by atoms with Crippen molar-refractivity contribution in [2.75, 3.05) is 63.1 Å². The number of nitrogens with one attached hydrogen (secondary N) is 3. The molecule has 2 aromatic carbocycles. The lowest BCUT2D eigenvalue weighted by atomic mass is 9.71. The van der Waals surface area contributed by atoms with E-state index in [0.717, 1.165) is 98.6 Å². The molecule has 4 saturated heterocycles. The van der Waals surface area contributed by atoms with Gasteiger partial charge in [-0.2, -0.15) is 0 Å². The number of piperidine rings is 3. The van der Waals surface area contributed by atoms with E-state index in [9.17, 15) is 24.0 Å². The number of nitrogens with zero attached hydrogens (tertiary/aromatic N) is 5. The van der Waals surface area contributed by atoms with Crippen molar-refractivity contribution in [3.63, 3.8) is 0 Å². The first-order valence-corrected chi connectivity index (χ1v) is 20.2. The average molecular weight is 773 g/mol. The molecule has 0 radical (unpaired) electrons. The Morgan fingerprint density at radius 2 is 1.63 bits per heavy atom. The molecule has 0 saturated carbocycles. The van der Waals surface area contributed by atoms with Gasteiger partial charge >= 0.3 is 0 Å². The largest absolute Gasteiger partial charge is 0.492 e. The first kappa shape index (κ1) is 37.0. The molecule has 5 amide bonds. The van der Waals surface area contributed by atoms with E-state index >= 15 is 0 Å². The fourth-order valence-corrected chi connectivity index (χ4v) is 9.43. The summed E-state index contributed by atoms with van der Waals surface area (Å²) >= 11 is 0. The summed E-state index contributed by atoms with van der Waals surface area (Å²) in [6.07, 6.45) is 8.72. The van der Waals surface area contributed by atoms with Gasteiger partial charge in [-0.25, -0.2) is 4.98 Å². The van der Waals surface area contributed by atoms with Gasteiger partial charge in [-0.05, 0) is 126 Å². The van der Waals surface area contributed by atoms with E-state index < -0.39 is 23.8 Å². The molecule has 2 aromatic heterocycles. The maximum Gasteiger partial charge on any atom is 0.262 e. The summed E-state index contributed by atoms with van der Waals surface area (Å²) in [7, 11) is 2.15. The van der Waals surface area contributed by atoms with Crippen LogP contribution in [0.25, 0.3) is 10.9 Å². The molecule has 57 heavy (non-hydrogen) atoms. The first-order chi connectivity index (χ1) is 27.6. The van der Waals surface area contributed by atoms with Crippen LogP contribution in [0.4, 0.5) is 11.5 Å². The Bertz CT molecular complexity index is 2240. The quantitative estimate of drug-likeness (QED) is 0.203. The minimum atomic E-state index is -0.967. The summed E-state index contributed by atoms with van der Waals surface area (Å²) in [6, 6.07) is 16.1. The van der Waals surface area contributed by atoms with Gasteiger partial charge in [0, 0.05) is 66.7 Å². The number of hydrogen-bond donors (Lipinski definition) is 3. The van der Waals surface area contributed by atoms with Crippen molar-refractivity contribution < 1.29 is 28.7 Å². The van der Waals surface area contributed by atoms with Crippen molar-refractivity contribution in [3.8, 4) is 5.75 Å². The van der Waals surface area contributed by atoms with Gasteiger partial charge < -0.3 is 19.9 Å². The predicted octanol–water partition coefficient (Wildman–Crippen LogP) is 4.74. The second-order valence-corrected chi connectivity index (χ2v) is 16.4. The summed E-state index contributed by atoms with van der Waals surface area (Å²) in [5, 5.41) is 6.21. The molecular formula is C43H48N8O6. The number of benzene rings is 2. The fraction of sp³-hybridized carbons (Fsp3) is 0.442. The van der Waals surface area contributed by atoms with Crippen LogP contribution in [0.15, 0.2) is 60.8 Å². The van der Waals surface area contributed by atoms with Crippen LogP contribution in [0, 0.1) is 5.41 Å². The zero-order valence-electron chi connectivity index (χ0n) is 32.2. The van der Waals surface area contributed by atoms with Gasteiger partial charge in [0.15, 0.2) is 0 Å². The number of H-pyrrole nitrogens is 1. The molecule has 0 bridgehead atoms. The lowest BCUT2D eigenvalue weighted by Gasteiger charge is -2.47. The molecule has 3 N–H and O–H groups in total. The average Bonchev–Trinajstić information content (AvgIpc) is 3.91. The Balaban J connectivity index is 0.716. The van der Waals surface area contributed by atoms with Gasteiger partial charge in [0.2, 0.25) is 11.8 Å². The van der Waals surface area contributed by atoms with Gasteiger partial charge in [0.1, 0.15) is 24.2 Å². The lowest BCUT2D eigenvalue weighted by molar-refractivity contribution is -0.136. The maximum absolute atomic E-state index is 13.3. The van der Waals surface area contributed by atoms with E-state index in [0.29, 0.717) is 35.2 Å². The summed E-state index contributed by atoms with van der Waals surface area (Å²) in [4.78, 5) is 79.7. The lowest BCUT2D eigenvalue weighted by Crippen LogP contribution is -2.54. The Hall–Kier alpha value is -5.60. The Kier molecular flexibility index (Phi) is 9.77. The number of carbonyl (C=O) groups is 5. The van der Waals surface area contributed by atoms with E-state index in [2.05, 4.69) is 48.4 Å². The molecule has 1 unspecified atom stereocenters. The molecule has 5 aliphatic heterocycles. The normalized spacial score (nSPS) is 22.7. The number of likely N-dealkylation sites (tertiary alicyclic amines) is 2. The van der Waals surface area contributed by atoms with E-state index in [1.54, 1.807) is 30.5 Å². The summed E-state index contributed by atoms with van der Waals surface area (Å²) in [6.45, 7) is 6.24. The van der Waals surface area contributed by atoms with Crippen LogP contribution >= 0.6 is 0 Å². The fourth-order valence-electron chi connectivity index (χ4n) is 9.43. The number of anilines is 2. The van der Waals surface area contributed by atoms with Crippen molar-refractivity contribution in [2.24, 2.45) is 5.41 Å². The topological polar surface area (TPSA) is 160 Å². The molecule has 4 fully saturated rings. The zero-order valence-corrected chi connectivity index (χ0v) is 32.2. The van der Waals surface area contributed by atoms with E-state index in [1.165, 1.54) is 12.1 Å². The zero-order chi connectivity index (χ0) is 39.3. The third-order valence-corrected chi connectivity index (χ3v) is 13.0. The number of aromatic amines is 1. The van der Waals surface area contributed by atoms with Crippen LogP contribution < -0.4 is 20.3 Å². The molecule has 14 heteroatoms. The molecule has 1 spiro atoms. The summed E-state index contributed by atoms with van der Waals surface area (Å²) < 4.78 is 6.08. The van der Waals surface area contributed by atoms with Crippen molar-refractivity contribution in [1.29, 1.82) is 0 Å². The third kappa shape index (κ3) is 7.27. The number of pyridine rings is 1. The predicted molar refractivity (Wildman–Crippen MR) is 213 cm³/mol. The molecular weight excluding hydrogens is 725 g/mol. The first-order valence-electron chi connectivity index (χ1n) is 20.2. The second kappa shape index (κ2) is 15.1. The number of carbonyl (C=O) groups excluding carboxylic acids is 5. The highest BCUT2D eigenvalue weighted by molar-refractivity contribution is 6.23. The van der Waals surface area contributed by atoms with Crippen molar-refractivity contribution in [2.45, 2.75) is 63.5 Å².